The number of nitrogens with two attached hydrogens (primary N) is 1. The lowest BCUT2D eigenvalue weighted by Gasteiger charge is -2.28. The predicted octanol–water partition coefficient (Wildman–Crippen LogP) is 1.65. The fourth-order valence-corrected chi connectivity index (χ4v) is 5.08. The van der Waals surface area contributed by atoms with Gasteiger partial charge in [-0.25, -0.2) is 8.42 Å². The highest BCUT2D eigenvalue weighted by Gasteiger charge is 2.35. The van der Waals surface area contributed by atoms with E-state index >= 15 is 0 Å². The van der Waals surface area contributed by atoms with Crippen molar-refractivity contribution in [1.29, 1.82) is 0 Å². The van der Waals surface area contributed by atoms with Gasteiger partial charge < -0.3 is 10.6 Å². The maximum absolute atomic E-state index is 11.7. The van der Waals surface area contributed by atoms with Crippen LogP contribution in [0.4, 0.5) is 10.7 Å². The number of anilines is 2. The molecule has 3 rings (SSSR count). The molecule has 110 valence electrons. The summed E-state index contributed by atoms with van der Waals surface area (Å²) in [4.78, 5) is 14.4. The van der Waals surface area contributed by atoms with Crippen molar-refractivity contribution in [2.75, 3.05) is 35.2 Å². The van der Waals surface area contributed by atoms with Crippen molar-refractivity contribution in [2.24, 2.45) is 0 Å². The Morgan fingerprint density at radius 1 is 1.30 bits per heavy atom. The molecule has 2 N–H and O–H groups in total. The van der Waals surface area contributed by atoms with E-state index in [9.17, 15) is 13.2 Å². The average molecular weight is 314 g/mol. The first-order valence-corrected chi connectivity index (χ1v) is 9.41. The summed E-state index contributed by atoms with van der Waals surface area (Å²) in [5, 5.41) is 1.02. The van der Waals surface area contributed by atoms with Crippen LogP contribution in [0.2, 0.25) is 0 Å². The Labute approximate surface area is 122 Å². The minimum Gasteiger partial charge on any atom is -0.397 e. The first kappa shape index (κ1) is 13.9. The van der Waals surface area contributed by atoms with Gasteiger partial charge in [-0.3, -0.25) is 4.79 Å². The Balaban J connectivity index is 1.96. The maximum Gasteiger partial charge on any atom is 0.171 e. The zero-order valence-corrected chi connectivity index (χ0v) is 13.0. The normalized spacial score (nSPS) is 21.9. The summed E-state index contributed by atoms with van der Waals surface area (Å²) in [5.74, 6) is 0.812. The monoisotopic (exact) mass is 314 g/mol. The Kier molecular flexibility index (Phi) is 3.29. The Morgan fingerprint density at radius 3 is 2.40 bits per heavy atom. The summed E-state index contributed by atoms with van der Waals surface area (Å²) < 4.78 is 23.1. The van der Waals surface area contributed by atoms with Crippen LogP contribution in [0.5, 0.6) is 0 Å². The second-order valence-corrected chi connectivity index (χ2v) is 8.84. The first-order chi connectivity index (χ1) is 9.39. The molecule has 0 aromatic carbocycles. The highest BCUT2D eigenvalue weighted by Crippen LogP contribution is 2.52. The topological polar surface area (TPSA) is 80.5 Å². The van der Waals surface area contributed by atoms with E-state index in [1.54, 1.807) is 0 Å². The van der Waals surface area contributed by atoms with Crippen LogP contribution >= 0.6 is 11.3 Å². The third-order valence-electron chi connectivity index (χ3n) is 3.90. The summed E-state index contributed by atoms with van der Waals surface area (Å²) in [7, 11) is -2.90. The molecule has 1 aromatic heterocycles. The highest BCUT2D eigenvalue weighted by atomic mass is 32.2. The number of nitrogen functional groups attached to an aromatic ring is 1. The first-order valence-electron chi connectivity index (χ1n) is 6.77. The number of ketones is 1. The van der Waals surface area contributed by atoms with Crippen molar-refractivity contribution in [3.05, 3.63) is 10.4 Å². The van der Waals surface area contributed by atoms with Gasteiger partial charge in [-0.15, -0.1) is 11.3 Å². The fourth-order valence-electron chi connectivity index (χ4n) is 2.62. The number of carbonyl (C=O) groups excluding carboxylic acids is 1. The van der Waals surface area contributed by atoms with Gasteiger partial charge in [-0.05, 0) is 18.8 Å². The molecule has 2 aliphatic rings. The van der Waals surface area contributed by atoms with E-state index in [4.69, 9.17) is 5.73 Å². The predicted molar refractivity (Wildman–Crippen MR) is 81.6 cm³/mol. The number of Topliss-reactive ketones (excluding diaryl/α,β-unsaturated/α-hetero) is 1. The number of rotatable bonds is 3. The summed E-state index contributed by atoms with van der Waals surface area (Å²) in [6.45, 7) is 2.53. The van der Waals surface area contributed by atoms with E-state index in [0.29, 0.717) is 29.6 Å². The van der Waals surface area contributed by atoms with Crippen molar-refractivity contribution in [3.63, 3.8) is 0 Å². The van der Waals surface area contributed by atoms with Crippen LogP contribution < -0.4 is 10.6 Å². The Morgan fingerprint density at radius 2 is 1.90 bits per heavy atom. The van der Waals surface area contributed by atoms with Crippen LogP contribution in [-0.4, -0.2) is 38.8 Å². The van der Waals surface area contributed by atoms with Crippen molar-refractivity contribution in [2.45, 2.75) is 25.7 Å². The number of nitrogens with zero attached hydrogens (tertiary/aromatic N) is 1. The smallest absolute Gasteiger partial charge is 0.171 e. The van der Waals surface area contributed by atoms with Gasteiger partial charge in [0.25, 0.3) is 0 Å². The maximum atomic E-state index is 11.7. The lowest BCUT2D eigenvalue weighted by Crippen LogP contribution is -2.40. The van der Waals surface area contributed by atoms with Gasteiger partial charge in [0, 0.05) is 25.6 Å². The molecule has 1 saturated carbocycles. The van der Waals surface area contributed by atoms with E-state index in [2.05, 4.69) is 4.90 Å². The molecule has 0 spiro atoms. The standard InChI is InChI=1S/C13H18N2O3S2/c1-8(16)12-11(14)10(9-2-3-9)13(19-12)15-4-6-20(17,18)7-5-15/h9H,2-7,14H2,1H3. The molecule has 2 fully saturated rings. The molecule has 0 radical (unpaired) electrons. The van der Waals surface area contributed by atoms with Gasteiger partial charge in [0.05, 0.1) is 27.1 Å². The Bertz CT molecular complexity index is 645. The minimum atomic E-state index is -2.90. The van der Waals surface area contributed by atoms with Gasteiger partial charge in [0.2, 0.25) is 0 Å². The van der Waals surface area contributed by atoms with E-state index in [-0.39, 0.29) is 17.3 Å². The van der Waals surface area contributed by atoms with Crippen molar-refractivity contribution < 1.29 is 13.2 Å². The van der Waals surface area contributed by atoms with Gasteiger partial charge >= 0.3 is 0 Å². The molecule has 1 aliphatic heterocycles. The molecule has 7 heteroatoms. The molecule has 0 bridgehead atoms. The Hall–Kier alpha value is -1.08. The summed E-state index contributed by atoms with van der Waals surface area (Å²) in [6.07, 6.45) is 2.22. The average Bonchev–Trinajstić information content (AvgIpc) is 3.13. The SMILES string of the molecule is CC(=O)c1sc(N2CCS(=O)(=O)CC2)c(C2CC2)c1N. The highest BCUT2D eigenvalue weighted by molar-refractivity contribution is 7.91. The van der Waals surface area contributed by atoms with Crippen LogP contribution in [-0.2, 0) is 9.84 Å². The third kappa shape index (κ3) is 2.44. The zero-order chi connectivity index (χ0) is 14.5. The zero-order valence-electron chi connectivity index (χ0n) is 11.4. The molecule has 2 heterocycles. The van der Waals surface area contributed by atoms with Gasteiger partial charge in [0.15, 0.2) is 15.6 Å². The van der Waals surface area contributed by atoms with E-state index in [1.165, 1.54) is 18.3 Å². The summed E-state index contributed by atoms with van der Waals surface area (Å²) in [5.41, 5.74) is 7.85. The molecule has 1 aromatic rings. The van der Waals surface area contributed by atoms with Gasteiger partial charge in [0.1, 0.15) is 0 Å². The molecule has 1 saturated heterocycles. The van der Waals surface area contributed by atoms with E-state index in [0.717, 1.165) is 23.4 Å². The lowest BCUT2D eigenvalue weighted by atomic mass is 10.1. The number of sulfone groups is 1. The molecule has 0 atom stereocenters. The number of hydrogen-bond donors (Lipinski definition) is 1. The van der Waals surface area contributed by atoms with Gasteiger partial charge in [-0.2, -0.15) is 0 Å². The summed E-state index contributed by atoms with van der Waals surface area (Å²) >= 11 is 1.43. The molecule has 20 heavy (non-hydrogen) atoms. The van der Waals surface area contributed by atoms with Crippen molar-refractivity contribution in [1.82, 2.24) is 0 Å². The molecule has 1 aliphatic carbocycles. The second kappa shape index (κ2) is 4.73. The van der Waals surface area contributed by atoms with E-state index < -0.39 is 9.84 Å². The van der Waals surface area contributed by atoms with Crippen LogP contribution in [0.1, 0.15) is 40.9 Å². The second-order valence-electron chi connectivity index (χ2n) is 5.53. The van der Waals surface area contributed by atoms with Crippen molar-refractivity contribution in [3.8, 4) is 0 Å². The van der Waals surface area contributed by atoms with Crippen LogP contribution in [0.25, 0.3) is 0 Å². The molecular weight excluding hydrogens is 296 g/mol. The fraction of sp³-hybridized carbons (Fsp3) is 0.615. The summed E-state index contributed by atoms with van der Waals surface area (Å²) in [6, 6.07) is 0. The molecule has 0 unspecified atom stereocenters. The molecule has 0 amide bonds. The lowest BCUT2D eigenvalue weighted by molar-refractivity contribution is 0.102. The molecular formula is C13H18N2O3S2. The number of hydrogen-bond acceptors (Lipinski definition) is 6. The van der Waals surface area contributed by atoms with Crippen LogP contribution in [0, 0.1) is 0 Å². The quantitative estimate of drug-likeness (QED) is 0.858. The minimum absolute atomic E-state index is 0.00900. The van der Waals surface area contributed by atoms with E-state index in [1.807, 2.05) is 0 Å². The van der Waals surface area contributed by atoms with Gasteiger partial charge in [-0.1, -0.05) is 0 Å². The van der Waals surface area contributed by atoms with Crippen molar-refractivity contribution >= 4 is 37.6 Å². The molecule has 5 nitrogen and oxygen atoms in total. The number of thiophene rings is 1. The third-order valence-corrected chi connectivity index (χ3v) is 6.89. The largest absolute Gasteiger partial charge is 0.397 e. The number of carbonyl (C=O) groups is 1. The van der Waals surface area contributed by atoms with Crippen LogP contribution in [0.3, 0.4) is 0 Å². The van der Waals surface area contributed by atoms with Crippen LogP contribution in [0.15, 0.2) is 0 Å².